The van der Waals surface area contributed by atoms with Crippen molar-refractivity contribution in [2.75, 3.05) is 13.1 Å². The number of hydrogen-bond acceptors (Lipinski definition) is 4. The Labute approximate surface area is 98.3 Å². The van der Waals surface area contributed by atoms with Crippen LogP contribution in [0.5, 0.6) is 0 Å². The molecule has 2 N–H and O–H groups in total. The summed E-state index contributed by atoms with van der Waals surface area (Å²) < 4.78 is 0. The fraction of sp³-hybridized carbons (Fsp3) is 0.500. The molecule has 0 spiro atoms. The zero-order valence-electron chi connectivity index (χ0n) is 9.32. The van der Waals surface area contributed by atoms with Crippen LogP contribution in [0.3, 0.4) is 0 Å². The first-order valence-corrected chi connectivity index (χ1v) is 5.99. The molecule has 0 fully saturated rings. The monoisotopic (exact) mass is 241 g/mol. The van der Waals surface area contributed by atoms with E-state index in [1.54, 1.807) is 10.9 Å². The summed E-state index contributed by atoms with van der Waals surface area (Å²) in [6, 6.07) is 0. The maximum Gasteiger partial charge on any atom is 0.270 e. The quantitative estimate of drug-likeness (QED) is 0.743. The lowest BCUT2D eigenvalue weighted by Crippen LogP contribution is -2.36. The van der Waals surface area contributed by atoms with Crippen LogP contribution >= 0.6 is 11.3 Å². The van der Waals surface area contributed by atoms with Crippen LogP contribution in [0.4, 0.5) is 0 Å². The molecule has 1 aromatic heterocycles. The molecule has 88 valence electrons. The van der Waals surface area contributed by atoms with Crippen molar-refractivity contribution in [3.05, 3.63) is 16.6 Å². The third-order valence-electron chi connectivity index (χ3n) is 1.90. The van der Waals surface area contributed by atoms with E-state index in [-0.39, 0.29) is 17.7 Å². The molecule has 0 bridgehead atoms. The smallest absolute Gasteiger partial charge is 0.270 e. The molecule has 0 saturated heterocycles. The summed E-state index contributed by atoms with van der Waals surface area (Å²) in [6.45, 7) is 4.49. The Kier molecular flexibility index (Phi) is 4.91. The van der Waals surface area contributed by atoms with Crippen molar-refractivity contribution < 1.29 is 9.59 Å². The lowest BCUT2D eigenvalue weighted by atomic mass is 10.2. The van der Waals surface area contributed by atoms with E-state index in [9.17, 15) is 9.59 Å². The highest BCUT2D eigenvalue weighted by Crippen LogP contribution is 1.99. The molecular weight excluding hydrogens is 226 g/mol. The summed E-state index contributed by atoms with van der Waals surface area (Å²) in [5, 5.41) is 7.06. The van der Waals surface area contributed by atoms with Gasteiger partial charge in [0.25, 0.3) is 5.91 Å². The van der Waals surface area contributed by atoms with Gasteiger partial charge in [-0.25, -0.2) is 4.98 Å². The number of carbonyl (C=O) groups is 2. The number of amides is 2. The van der Waals surface area contributed by atoms with Crippen LogP contribution in [0.15, 0.2) is 10.9 Å². The lowest BCUT2D eigenvalue weighted by Gasteiger charge is -2.07. The number of aromatic nitrogens is 1. The minimum absolute atomic E-state index is 0.0112. The summed E-state index contributed by atoms with van der Waals surface area (Å²) in [6.07, 6.45) is 0. The first kappa shape index (κ1) is 12.6. The first-order valence-electron chi connectivity index (χ1n) is 5.05. The molecule has 5 nitrogen and oxygen atoms in total. The van der Waals surface area contributed by atoms with Gasteiger partial charge in [-0.1, -0.05) is 13.8 Å². The van der Waals surface area contributed by atoms with Crippen molar-refractivity contribution in [3.8, 4) is 0 Å². The van der Waals surface area contributed by atoms with Crippen LogP contribution in [0.2, 0.25) is 0 Å². The number of hydrogen-bond donors (Lipinski definition) is 2. The summed E-state index contributed by atoms with van der Waals surface area (Å²) >= 11 is 1.37. The van der Waals surface area contributed by atoms with Crippen molar-refractivity contribution in [2.45, 2.75) is 13.8 Å². The van der Waals surface area contributed by atoms with Gasteiger partial charge in [0, 0.05) is 24.4 Å². The zero-order valence-corrected chi connectivity index (χ0v) is 10.1. The third kappa shape index (κ3) is 3.98. The second kappa shape index (κ2) is 6.22. The van der Waals surface area contributed by atoms with E-state index in [2.05, 4.69) is 15.6 Å². The molecule has 0 unspecified atom stereocenters. The Morgan fingerprint density at radius 1 is 1.38 bits per heavy atom. The van der Waals surface area contributed by atoms with Gasteiger partial charge >= 0.3 is 0 Å². The SMILES string of the molecule is CC(C)C(=O)NCCNC(=O)c1cscn1. The Bertz CT molecular complexity index is 349. The average Bonchev–Trinajstić information content (AvgIpc) is 2.76. The Balaban J connectivity index is 2.17. The van der Waals surface area contributed by atoms with Gasteiger partial charge in [-0.2, -0.15) is 0 Å². The predicted molar refractivity (Wildman–Crippen MR) is 62.3 cm³/mol. The van der Waals surface area contributed by atoms with Crippen molar-refractivity contribution >= 4 is 23.2 Å². The molecule has 2 amide bonds. The van der Waals surface area contributed by atoms with Crippen LogP contribution in [-0.4, -0.2) is 29.9 Å². The van der Waals surface area contributed by atoms with Crippen molar-refractivity contribution in [1.29, 1.82) is 0 Å². The zero-order chi connectivity index (χ0) is 12.0. The van der Waals surface area contributed by atoms with Gasteiger partial charge in [0.2, 0.25) is 5.91 Å². The van der Waals surface area contributed by atoms with Gasteiger partial charge in [-0.15, -0.1) is 11.3 Å². The van der Waals surface area contributed by atoms with Gasteiger partial charge < -0.3 is 10.6 Å². The van der Waals surface area contributed by atoms with E-state index in [1.165, 1.54) is 11.3 Å². The summed E-state index contributed by atoms with van der Waals surface area (Å²) in [7, 11) is 0. The number of thiazole rings is 1. The van der Waals surface area contributed by atoms with Crippen LogP contribution in [0.1, 0.15) is 24.3 Å². The molecule has 1 rings (SSSR count). The van der Waals surface area contributed by atoms with Gasteiger partial charge in [-0.05, 0) is 0 Å². The van der Waals surface area contributed by atoms with E-state index >= 15 is 0 Å². The van der Waals surface area contributed by atoms with E-state index in [4.69, 9.17) is 0 Å². The maximum atomic E-state index is 11.4. The molecule has 6 heteroatoms. The largest absolute Gasteiger partial charge is 0.354 e. The van der Waals surface area contributed by atoms with Crippen LogP contribution in [0, 0.1) is 5.92 Å². The molecule has 16 heavy (non-hydrogen) atoms. The number of carbonyl (C=O) groups excluding carboxylic acids is 2. The van der Waals surface area contributed by atoms with Gasteiger partial charge in [0.05, 0.1) is 5.51 Å². The van der Waals surface area contributed by atoms with E-state index in [0.29, 0.717) is 18.8 Å². The molecule has 0 saturated carbocycles. The standard InChI is InChI=1S/C10H15N3O2S/c1-7(2)9(14)11-3-4-12-10(15)8-5-16-6-13-8/h5-7H,3-4H2,1-2H3,(H,11,14)(H,12,15). The highest BCUT2D eigenvalue weighted by atomic mass is 32.1. The molecule has 0 radical (unpaired) electrons. The molecule has 0 aliphatic heterocycles. The van der Waals surface area contributed by atoms with Crippen LogP contribution in [0.25, 0.3) is 0 Å². The molecule has 1 heterocycles. The topological polar surface area (TPSA) is 71.1 Å². The highest BCUT2D eigenvalue weighted by Gasteiger charge is 2.07. The minimum Gasteiger partial charge on any atom is -0.354 e. The summed E-state index contributed by atoms with van der Waals surface area (Å²) in [5.74, 6) is -0.253. The summed E-state index contributed by atoms with van der Waals surface area (Å²) in [5.41, 5.74) is 2.02. The van der Waals surface area contributed by atoms with Crippen molar-refractivity contribution in [1.82, 2.24) is 15.6 Å². The second-order valence-electron chi connectivity index (χ2n) is 3.58. The minimum atomic E-state index is -0.208. The maximum absolute atomic E-state index is 11.4. The lowest BCUT2D eigenvalue weighted by molar-refractivity contribution is -0.123. The fourth-order valence-corrected chi connectivity index (χ4v) is 1.51. The highest BCUT2D eigenvalue weighted by molar-refractivity contribution is 7.07. The molecule has 0 aromatic carbocycles. The van der Waals surface area contributed by atoms with E-state index in [1.807, 2.05) is 13.8 Å². The number of nitrogens with one attached hydrogen (secondary N) is 2. The Morgan fingerprint density at radius 3 is 2.62 bits per heavy atom. The van der Waals surface area contributed by atoms with E-state index in [0.717, 1.165) is 0 Å². The van der Waals surface area contributed by atoms with Crippen molar-refractivity contribution in [2.24, 2.45) is 5.92 Å². The van der Waals surface area contributed by atoms with Crippen LogP contribution in [-0.2, 0) is 4.79 Å². The number of rotatable bonds is 5. The van der Waals surface area contributed by atoms with Crippen molar-refractivity contribution in [3.63, 3.8) is 0 Å². The van der Waals surface area contributed by atoms with Gasteiger partial charge in [0.15, 0.2) is 0 Å². The second-order valence-corrected chi connectivity index (χ2v) is 4.29. The predicted octanol–water partition coefficient (Wildman–Crippen LogP) is 0.645. The summed E-state index contributed by atoms with van der Waals surface area (Å²) in [4.78, 5) is 26.5. The van der Waals surface area contributed by atoms with Crippen LogP contribution < -0.4 is 10.6 Å². The van der Waals surface area contributed by atoms with E-state index < -0.39 is 0 Å². The molecule has 0 atom stereocenters. The Hall–Kier alpha value is -1.43. The normalized spacial score (nSPS) is 10.2. The fourth-order valence-electron chi connectivity index (χ4n) is 0.981. The Morgan fingerprint density at radius 2 is 2.06 bits per heavy atom. The number of nitrogens with zero attached hydrogens (tertiary/aromatic N) is 1. The first-order chi connectivity index (χ1) is 7.61. The molecule has 0 aliphatic rings. The third-order valence-corrected chi connectivity index (χ3v) is 2.49. The van der Waals surface area contributed by atoms with Gasteiger partial charge in [0.1, 0.15) is 5.69 Å². The molecule has 0 aliphatic carbocycles. The average molecular weight is 241 g/mol. The molecular formula is C10H15N3O2S. The molecule has 1 aromatic rings. The van der Waals surface area contributed by atoms with Gasteiger partial charge in [-0.3, -0.25) is 9.59 Å².